The highest BCUT2D eigenvalue weighted by Crippen LogP contribution is 2.31. The first-order valence-electron chi connectivity index (χ1n) is 9.15. The minimum Gasteiger partial charge on any atom is -0.383 e. The number of nitrogens with one attached hydrogen (secondary N) is 1. The predicted octanol–water partition coefficient (Wildman–Crippen LogP) is 3.06. The standard InChI is InChI=1S/C20H26FN3O2S/c1-20(2,19(25)22-14-8-9-24(12-14)10-11-26-3)17-13-27-18(23-17)15-6-4-5-7-16(15)21/h4-7,13-14H,8-12H2,1-3H3,(H,22,25). The van der Waals surface area contributed by atoms with Gasteiger partial charge >= 0.3 is 0 Å². The number of aromatic nitrogens is 1. The Labute approximate surface area is 163 Å². The number of hydrogen-bond donors (Lipinski definition) is 1. The molecular formula is C20H26FN3O2S. The number of ether oxygens (including phenoxy) is 1. The Hall–Kier alpha value is -1.83. The van der Waals surface area contributed by atoms with Gasteiger partial charge in [0.05, 0.1) is 17.7 Å². The van der Waals surface area contributed by atoms with Crippen LogP contribution in [-0.2, 0) is 14.9 Å². The van der Waals surface area contributed by atoms with Crippen molar-refractivity contribution >= 4 is 17.2 Å². The molecule has 2 heterocycles. The Morgan fingerprint density at radius 1 is 1.44 bits per heavy atom. The Morgan fingerprint density at radius 2 is 2.22 bits per heavy atom. The van der Waals surface area contributed by atoms with Crippen LogP contribution in [0.5, 0.6) is 0 Å². The van der Waals surface area contributed by atoms with Crippen LogP contribution < -0.4 is 5.32 Å². The van der Waals surface area contributed by atoms with Crippen molar-refractivity contribution in [3.63, 3.8) is 0 Å². The van der Waals surface area contributed by atoms with E-state index in [4.69, 9.17) is 4.74 Å². The van der Waals surface area contributed by atoms with E-state index in [2.05, 4.69) is 15.2 Å². The topological polar surface area (TPSA) is 54.5 Å². The molecule has 0 spiro atoms. The second-order valence-electron chi connectivity index (χ2n) is 7.40. The molecule has 0 saturated carbocycles. The van der Waals surface area contributed by atoms with E-state index >= 15 is 0 Å². The van der Waals surface area contributed by atoms with Crippen LogP contribution in [0.3, 0.4) is 0 Å². The van der Waals surface area contributed by atoms with Gasteiger partial charge in [0, 0.05) is 43.7 Å². The average Bonchev–Trinajstić information content (AvgIpc) is 3.30. The molecule has 1 fully saturated rings. The lowest BCUT2D eigenvalue weighted by Crippen LogP contribution is -2.46. The van der Waals surface area contributed by atoms with Crippen LogP contribution in [0.2, 0.25) is 0 Å². The molecule has 1 saturated heterocycles. The summed E-state index contributed by atoms with van der Waals surface area (Å²) in [6, 6.07) is 6.70. The summed E-state index contributed by atoms with van der Waals surface area (Å²) in [5.74, 6) is -0.353. The van der Waals surface area contributed by atoms with E-state index in [0.717, 1.165) is 26.1 Å². The lowest BCUT2D eigenvalue weighted by Gasteiger charge is -2.24. The van der Waals surface area contributed by atoms with Gasteiger partial charge in [-0.2, -0.15) is 0 Å². The molecular weight excluding hydrogens is 365 g/mol. The lowest BCUT2D eigenvalue weighted by atomic mass is 9.88. The quantitative estimate of drug-likeness (QED) is 0.788. The van der Waals surface area contributed by atoms with Crippen molar-refractivity contribution in [3.8, 4) is 10.6 Å². The van der Waals surface area contributed by atoms with Crippen LogP contribution in [0.1, 0.15) is 26.0 Å². The average molecular weight is 392 g/mol. The maximum atomic E-state index is 14.0. The normalized spacial score (nSPS) is 18.0. The molecule has 1 atom stereocenters. The van der Waals surface area contributed by atoms with Crippen molar-refractivity contribution in [3.05, 3.63) is 41.2 Å². The van der Waals surface area contributed by atoms with Gasteiger partial charge < -0.3 is 10.1 Å². The molecule has 1 aromatic heterocycles. The number of halogens is 1. The Balaban J connectivity index is 1.66. The first-order valence-corrected chi connectivity index (χ1v) is 10.0. The molecule has 5 nitrogen and oxygen atoms in total. The summed E-state index contributed by atoms with van der Waals surface area (Å²) in [7, 11) is 1.70. The molecule has 1 aromatic carbocycles. The number of nitrogens with zero attached hydrogens (tertiary/aromatic N) is 2. The number of benzene rings is 1. The molecule has 1 aliphatic heterocycles. The van der Waals surface area contributed by atoms with Crippen LogP contribution in [-0.4, -0.2) is 55.2 Å². The Bertz CT molecular complexity index is 793. The summed E-state index contributed by atoms with van der Waals surface area (Å²) in [4.78, 5) is 19.7. The largest absolute Gasteiger partial charge is 0.383 e. The highest BCUT2D eigenvalue weighted by Gasteiger charge is 2.35. The summed E-state index contributed by atoms with van der Waals surface area (Å²) < 4.78 is 19.1. The second kappa shape index (κ2) is 8.46. The van der Waals surface area contributed by atoms with Gasteiger partial charge in [0.2, 0.25) is 5.91 Å². The number of carbonyl (C=O) groups excluding carboxylic acids is 1. The van der Waals surface area contributed by atoms with Gasteiger partial charge in [0.1, 0.15) is 10.8 Å². The summed E-state index contributed by atoms with van der Waals surface area (Å²) in [6.07, 6.45) is 0.934. The Morgan fingerprint density at radius 3 is 2.96 bits per heavy atom. The van der Waals surface area contributed by atoms with Gasteiger partial charge in [-0.1, -0.05) is 12.1 Å². The van der Waals surface area contributed by atoms with E-state index in [0.29, 0.717) is 22.9 Å². The van der Waals surface area contributed by atoms with Crippen molar-refractivity contribution in [2.24, 2.45) is 0 Å². The lowest BCUT2D eigenvalue weighted by molar-refractivity contribution is -0.126. The van der Waals surface area contributed by atoms with E-state index in [1.54, 1.807) is 25.3 Å². The van der Waals surface area contributed by atoms with Gasteiger partial charge in [0.15, 0.2) is 0 Å². The third-order valence-corrected chi connectivity index (χ3v) is 5.91. The van der Waals surface area contributed by atoms with Gasteiger partial charge in [-0.15, -0.1) is 11.3 Å². The molecule has 1 aliphatic rings. The van der Waals surface area contributed by atoms with Crippen LogP contribution in [0.15, 0.2) is 29.6 Å². The van der Waals surface area contributed by atoms with Crippen molar-refractivity contribution in [2.75, 3.05) is 33.4 Å². The highest BCUT2D eigenvalue weighted by molar-refractivity contribution is 7.13. The fraction of sp³-hybridized carbons (Fsp3) is 0.500. The molecule has 0 radical (unpaired) electrons. The van der Waals surface area contributed by atoms with Gasteiger partial charge in [-0.25, -0.2) is 9.37 Å². The molecule has 7 heteroatoms. The van der Waals surface area contributed by atoms with Crippen LogP contribution >= 0.6 is 11.3 Å². The number of methoxy groups -OCH3 is 1. The minimum absolute atomic E-state index is 0.0496. The van der Waals surface area contributed by atoms with E-state index < -0.39 is 5.41 Å². The van der Waals surface area contributed by atoms with E-state index in [-0.39, 0.29) is 17.8 Å². The minimum atomic E-state index is -0.778. The van der Waals surface area contributed by atoms with Crippen molar-refractivity contribution in [2.45, 2.75) is 31.7 Å². The van der Waals surface area contributed by atoms with Crippen LogP contribution in [0.25, 0.3) is 10.6 Å². The summed E-state index contributed by atoms with van der Waals surface area (Å²) in [5.41, 5.74) is 0.354. The zero-order valence-electron chi connectivity index (χ0n) is 16.0. The molecule has 146 valence electrons. The first-order chi connectivity index (χ1) is 12.9. The number of likely N-dealkylation sites (tertiary alicyclic amines) is 1. The summed E-state index contributed by atoms with van der Waals surface area (Å²) >= 11 is 1.36. The smallest absolute Gasteiger partial charge is 0.231 e. The zero-order valence-corrected chi connectivity index (χ0v) is 16.8. The molecule has 1 N–H and O–H groups in total. The zero-order chi connectivity index (χ0) is 19.4. The molecule has 0 bridgehead atoms. The van der Waals surface area contributed by atoms with Crippen molar-refractivity contribution in [1.82, 2.24) is 15.2 Å². The number of hydrogen-bond acceptors (Lipinski definition) is 5. The summed E-state index contributed by atoms with van der Waals surface area (Å²) in [6.45, 7) is 7.10. The number of amides is 1. The third kappa shape index (κ3) is 4.54. The molecule has 2 aromatic rings. The molecule has 1 unspecified atom stereocenters. The molecule has 0 aliphatic carbocycles. The molecule has 27 heavy (non-hydrogen) atoms. The SMILES string of the molecule is COCCN1CCC(NC(=O)C(C)(C)c2csc(-c3ccccc3F)n2)C1. The number of thiazole rings is 1. The fourth-order valence-electron chi connectivity index (χ4n) is 3.18. The number of rotatable bonds is 7. The predicted molar refractivity (Wildman–Crippen MR) is 105 cm³/mol. The molecule has 3 rings (SSSR count). The van der Waals surface area contributed by atoms with Gasteiger partial charge in [0.25, 0.3) is 0 Å². The van der Waals surface area contributed by atoms with E-state index in [1.807, 2.05) is 19.2 Å². The summed E-state index contributed by atoms with van der Waals surface area (Å²) in [5, 5.41) is 5.59. The van der Waals surface area contributed by atoms with Gasteiger partial charge in [-0.3, -0.25) is 9.69 Å². The van der Waals surface area contributed by atoms with Crippen molar-refractivity contribution in [1.29, 1.82) is 0 Å². The van der Waals surface area contributed by atoms with Crippen LogP contribution in [0.4, 0.5) is 4.39 Å². The second-order valence-corrected chi connectivity index (χ2v) is 8.25. The van der Waals surface area contributed by atoms with Crippen LogP contribution in [0, 0.1) is 5.82 Å². The highest BCUT2D eigenvalue weighted by atomic mass is 32.1. The molecule has 1 amide bonds. The third-order valence-electron chi connectivity index (χ3n) is 5.04. The maximum absolute atomic E-state index is 14.0. The van der Waals surface area contributed by atoms with E-state index in [9.17, 15) is 9.18 Å². The van der Waals surface area contributed by atoms with E-state index in [1.165, 1.54) is 17.4 Å². The van der Waals surface area contributed by atoms with Crippen molar-refractivity contribution < 1.29 is 13.9 Å². The Kier molecular flexibility index (Phi) is 6.24. The van der Waals surface area contributed by atoms with Gasteiger partial charge in [-0.05, 0) is 32.4 Å². The maximum Gasteiger partial charge on any atom is 0.231 e. The monoisotopic (exact) mass is 391 g/mol. The first kappa shape index (κ1) is 19.9. The number of carbonyl (C=O) groups is 1. The fourth-order valence-corrected chi connectivity index (χ4v) is 4.19.